The molecule has 1 atom stereocenters. The van der Waals surface area contributed by atoms with E-state index in [1.807, 2.05) is 0 Å². The maximum Gasteiger partial charge on any atom is 0.0445 e. The molecule has 0 bridgehead atoms. The summed E-state index contributed by atoms with van der Waals surface area (Å²) in [4.78, 5) is 0. The van der Waals surface area contributed by atoms with Crippen molar-refractivity contribution >= 4 is 22.6 Å². The highest BCUT2D eigenvalue weighted by molar-refractivity contribution is 14.1. The lowest BCUT2D eigenvalue weighted by molar-refractivity contribution is 0.244. The van der Waals surface area contributed by atoms with Gasteiger partial charge in [0.15, 0.2) is 0 Å². The maximum absolute atomic E-state index is 8.98. The van der Waals surface area contributed by atoms with Crippen LogP contribution in [-0.4, -0.2) is 17.8 Å². The average Bonchev–Trinajstić information content (AvgIpc) is 2.26. The van der Waals surface area contributed by atoms with Crippen molar-refractivity contribution in [2.24, 2.45) is 5.92 Å². The van der Waals surface area contributed by atoms with Crippen LogP contribution in [0.3, 0.4) is 0 Å². The molecular weight excluding hydrogens is 313 g/mol. The van der Waals surface area contributed by atoms with Crippen molar-refractivity contribution in [1.82, 2.24) is 5.32 Å². The lowest BCUT2D eigenvalue weighted by Crippen LogP contribution is -2.34. The number of halogens is 1. The van der Waals surface area contributed by atoms with E-state index in [-0.39, 0.29) is 6.61 Å². The number of benzene rings is 1. The average molecular weight is 333 g/mol. The summed E-state index contributed by atoms with van der Waals surface area (Å²) in [6, 6.07) is 8.92. The molecular formula is C13H20INO. The van der Waals surface area contributed by atoms with Crippen LogP contribution in [0.25, 0.3) is 0 Å². The molecule has 90 valence electrons. The van der Waals surface area contributed by atoms with Crippen LogP contribution < -0.4 is 5.32 Å². The van der Waals surface area contributed by atoms with Gasteiger partial charge >= 0.3 is 0 Å². The van der Waals surface area contributed by atoms with Crippen LogP contribution in [0, 0.1) is 9.49 Å². The molecule has 0 fully saturated rings. The van der Waals surface area contributed by atoms with Crippen molar-refractivity contribution in [2.75, 3.05) is 6.61 Å². The largest absolute Gasteiger partial charge is 0.396 e. The summed E-state index contributed by atoms with van der Waals surface area (Å²) in [6.45, 7) is 5.49. The van der Waals surface area contributed by atoms with E-state index >= 15 is 0 Å². The minimum absolute atomic E-state index is 0.253. The summed E-state index contributed by atoms with van der Waals surface area (Å²) in [5.41, 5.74) is 1.30. The second kappa shape index (κ2) is 7.25. The summed E-state index contributed by atoms with van der Waals surface area (Å²) >= 11 is 2.31. The van der Waals surface area contributed by atoms with Crippen molar-refractivity contribution < 1.29 is 5.11 Å². The van der Waals surface area contributed by atoms with Gasteiger partial charge in [-0.15, -0.1) is 0 Å². The Balaban J connectivity index is 2.45. The van der Waals surface area contributed by atoms with E-state index in [9.17, 15) is 0 Å². The summed E-state index contributed by atoms with van der Waals surface area (Å²) < 4.78 is 1.26. The fourth-order valence-corrected chi connectivity index (χ4v) is 2.02. The molecule has 0 aliphatic heterocycles. The lowest BCUT2D eigenvalue weighted by atomic mass is 10.0. The van der Waals surface area contributed by atoms with Gasteiger partial charge in [-0.25, -0.2) is 0 Å². The van der Waals surface area contributed by atoms with Crippen molar-refractivity contribution in [1.29, 1.82) is 0 Å². The zero-order chi connectivity index (χ0) is 12.0. The number of nitrogens with one attached hydrogen (secondary N) is 1. The van der Waals surface area contributed by atoms with Gasteiger partial charge in [0.05, 0.1) is 0 Å². The third-order valence-electron chi connectivity index (χ3n) is 2.73. The molecule has 3 heteroatoms. The lowest BCUT2D eigenvalue weighted by Gasteiger charge is -2.21. The highest BCUT2D eigenvalue weighted by Gasteiger charge is 2.11. The van der Waals surface area contributed by atoms with E-state index in [4.69, 9.17) is 5.11 Å². The van der Waals surface area contributed by atoms with Gasteiger partial charge in [0.2, 0.25) is 0 Å². The van der Waals surface area contributed by atoms with Gasteiger partial charge in [-0.1, -0.05) is 26.0 Å². The standard InChI is InChI=1S/C13H20INO/c1-10(2)13(7-8-16)15-9-11-3-5-12(14)6-4-11/h3-6,10,13,15-16H,7-9H2,1-2H3. The molecule has 1 aromatic rings. The maximum atomic E-state index is 8.98. The van der Waals surface area contributed by atoms with E-state index in [0.29, 0.717) is 12.0 Å². The van der Waals surface area contributed by atoms with Gasteiger partial charge in [-0.2, -0.15) is 0 Å². The molecule has 0 aliphatic carbocycles. The molecule has 2 N–H and O–H groups in total. The third-order valence-corrected chi connectivity index (χ3v) is 3.45. The van der Waals surface area contributed by atoms with E-state index in [2.05, 4.69) is 66.0 Å². The predicted molar refractivity (Wildman–Crippen MR) is 76.3 cm³/mol. The number of aliphatic hydroxyl groups excluding tert-OH is 1. The molecule has 0 saturated carbocycles. The molecule has 16 heavy (non-hydrogen) atoms. The number of rotatable bonds is 6. The molecule has 0 aromatic heterocycles. The van der Waals surface area contributed by atoms with Crippen LogP contribution in [0.4, 0.5) is 0 Å². The molecule has 1 rings (SSSR count). The zero-order valence-corrected chi connectivity index (χ0v) is 12.1. The fraction of sp³-hybridized carbons (Fsp3) is 0.538. The van der Waals surface area contributed by atoms with Crippen molar-refractivity contribution in [3.63, 3.8) is 0 Å². The highest BCUT2D eigenvalue weighted by Crippen LogP contribution is 2.09. The Morgan fingerprint density at radius 1 is 1.25 bits per heavy atom. The van der Waals surface area contributed by atoms with Crippen LogP contribution in [0.5, 0.6) is 0 Å². The zero-order valence-electron chi connectivity index (χ0n) is 9.91. The quantitative estimate of drug-likeness (QED) is 0.785. The molecule has 0 amide bonds. The van der Waals surface area contributed by atoms with E-state index in [1.54, 1.807) is 0 Å². The van der Waals surface area contributed by atoms with Gasteiger partial charge in [0.25, 0.3) is 0 Å². The van der Waals surface area contributed by atoms with Crippen LogP contribution in [-0.2, 0) is 6.54 Å². The first kappa shape index (κ1) is 13.9. The van der Waals surface area contributed by atoms with Gasteiger partial charge in [0.1, 0.15) is 0 Å². The Morgan fingerprint density at radius 2 is 1.88 bits per heavy atom. The van der Waals surface area contributed by atoms with Crippen LogP contribution in [0.15, 0.2) is 24.3 Å². The first-order valence-electron chi connectivity index (χ1n) is 5.72. The Labute approximate surface area is 112 Å². The van der Waals surface area contributed by atoms with E-state index in [0.717, 1.165) is 13.0 Å². The molecule has 0 spiro atoms. The first-order valence-corrected chi connectivity index (χ1v) is 6.80. The summed E-state index contributed by atoms with van der Waals surface area (Å²) in [5.74, 6) is 0.552. The Hall–Kier alpha value is -0.130. The SMILES string of the molecule is CC(C)C(CCO)NCc1ccc(I)cc1. The van der Waals surface area contributed by atoms with E-state index < -0.39 is 0 Å². The number of hydrogen-bond acceptors (Lipinski definition) is 2. The minimum atomic E-state index is 0.253. The predicted octanol–water partition coefficient (Wildman–Crippen LogP) is 2.79. The van der Waals surface area contributed by atoms with Gasteiger partial charge < -0.3 is 10.4 Å². The van der Waals surface area contributed by atoms with Gasteiger partial charge in [-0.05, 0) is 52.6 Å². The molecule has 1 aromatic carbocycles. The Morgan fingerprint density at radius 3 is 2.38 bits per heavy atom. The molecule has 0 aliphatic rings. The van der Waals surface area contributed by atoms with Crippen molar-refractivity contribution in [3.05, 3.63) is 33.4 Å². The van der Waals surface area contributed by atoms with Crippen LogP contribution in [0.1, 0.15) is 25.8 Å². The van der Waals surface area contributed by atoms with Gasteiger partial charge in [0, 0.05) is 22.8 Å². The first-order chi connectivity index (χ1) is 7.63. The third kappa shape index (κ3) is 4.80. The minimum Gasteiger partial charge on any atom is -0.396 e. The van der Waals surface area contributed by atoms with Crippen LogP contribution >= 0.6 is 22.6 Å². The van der Waals surface area contributed by atoms with Crippen molar-refractivity contribution in [3.8, 4) is 0 Å². The van der Waals surface area contributed by atoms with Crippen molar-refractivity contribution in [2.45, 2.75) is 32.9 Å². The van der Waals surface area contributed by atoms with Gasteiger partial charge in [-0.3, -0.25) is 0 Å². The number of aliphatic hydroxyl groups is 1. The molecule has 0 saturated heterocycles. The molecule has 0 heterocycles. The second-order valence-corrected chi connectivity index (χ2v) is 5.62. The topological polar surface area (TPSA) is 32.3 Å². The molecule has 1 unspecified atom stereocenters. The molecule has 2 nitrogen and oxygen atoms in total. The smallest absolute Gasteiger partial charge is 0.0445 e. The molecule has 0 radical (unpaired) electrons. The normalized spacial score (nSPS) is 13.1. The highest BCUT2D eigenvalue weighted by atomic mass is 127. The van der Waals surface area contributed by atoms with Crippen LogP contribution in [0.2, 0.25) is 0 Å². The second-order valence-electron chi connectivity index (χ2n) is 4.37. The van der Waals surface area contributed by atoms with E-state index in [1.165, 1.54) is 9.13 Å². The monoisotopic (exact) mass is 333 g/mol. The number of hydrogen-bond donors (Lipinski definition) is 2. The fourth-order valence-electron chi connectivity index (χ4n) is 1.66. The Bertz CT molecular complexity index is 297. The summed E-state index contributed by atoms with van der Waals surface area (Å²) in [5, 5.41) is 12.5. The summed E-state index contributed by atoms with van der Waals surface area (Å²) in [7, 11) is 0. The Kier molecular flexibility index (Phi) is 6.31. The summed E-state index contributed by atoms with van der Waals surface area (Å²) in [6.07, 6.45) is 0.821.